The highest BCUT2D eigenvalue weighted by atomic mass is 16.7. The standard InChI is InChI=1S/C20H23N3O4/c1-21-20(23-12-15-4-6-17-19(10-15)27-13-26-17)22-11-14-3-5-16-18(9-14)25-8-2-7-24-16/h3-6,9-10H,2,7-8,11-13H2,1H3,(H2,21,22,23). The van der Waals surface area contributed by atoms with E-state index in [1.807, 2.05) is 36.4 Å². The predicted octanol–water partition coefficient (Wildman–Crippen LogP) is 2.44. The second kappa shape index (κ2) is 8.07. The Balaban J connectivity index is 1.32. The van der Waals surface area contributed by atoms with Crippen molar-refractivity contribution >= 4 is 5.96 Å². The van der Waals surface area contributed by atoms with Crippen LogP contribution in [0.15, 0.2) is 41.4 Å². The smallest absolute Gasteiger partial charge is 0.231 e. The van der Waals surface area contributed by atoms with Crippen LogP contribution in [0.1, 0.15) is 17.5 Å². The van der Waals surface area contributed by atoms with Crippen molar-refractivity contribution in [2.75, 3.05) is 27.1 Å². The van der Waals surface area contributed by atoms with E-state index in [4.69, 9.17) is 18.9 Å². The van der Waals surface area contributed by atoms with Gasteiger partial charge in [-0.2, -0.15) is 0 Å². The Bertz CT molecular complexity index is 838. The minimum Gasteiger partial charge on any atom is -0.490 e. The van der Waals surface area contributed by atoms with E-state index in [2.05, 4.69) is 15.6 Å². The molecule has 27 heavy (non-hydrogen) atoms. The van der Waals surface area contributed by atoms with Gasteiger partial charge in [0, 0.05) is 26.6 Å². The third-order valence-electron chi connectivity index (χ3n) is 4.39. The Labute approximate surface area is 158 Å². The molecule has 2 aliphatic rings. The summed E-state index contributed by atoms with van der Waals surface area (Å²) in [6.45, 7) is 2.93. The van der Waals surface area contributed by atoms with Crippen LogP contribution >= 0.6 is 0 Å². The summed E-state index contributed by atoms with van der Waals surface area (Å²) in [5.74, 6) is 3.90. The number of aliphatic imine (C=N–C) groups is 1. The van der Waals surface area contributed by atoms with Crippen molar-refractivity contribution in [3.05, 3.63) is 47.5 Å². The molecule has 2 aromatic carbocycles. The number of ether oxygens (including phenoxy) is 4. The van der Waals surface area contributed by atoms with Crippen molar-refractivity contribution in [2.24, 2.45) is 4.99 Å². The van der Waals surface area contributed by atoms with E-state index in [1.54, 1.807) is 7.05 Å². The highest BCUT2D eigenvalue weighted by Gasteiger charge is 2.13. The second-order valence-electron chi connectivity index (χ2n) is 6.30. The van der Waals surface area contributed by atoms with Crippen LogP contribution in [0.4, 0.5) is 0 Å². The summed E-state index contributed by atoms with van der Waals surface area (Å²) in [5.41, 5.74) is 2.20. The molecule has 7 nitrogen and oxygen atoms in total. The van der Waals surface area contributed by atoms with Gasteiger partial charge in [0.2, 0.25) is 6.79 Å². The molecule has 0 aliphatic carbocycles. The van der Waals surface area contributed by atoms with Gasteiger partial charge in [-0.05, 0) is 35.4 Å². The molecule has 0 unspecified atom stereocenters. The van der Waals surface area contributed by atoms with E-state index in [0.29, 0.717) is 26.3 Å². The van der Waals surface area contributed by atoms with E-state index in [1.165, 1.54) is 0 Å². The van der Waals surface area contributed by atoms with Gasteiger partial charge in [0.05, 0.1) is 13.2 Å². The number of rotatable bonds is 4. The molecule has 4 rings (SSSR count). The number of hydrogen-bond acceptors (Lipinski definition) is 5. The van der Waals surface area contributed by atoms with Crippen LogP contribution in [0.2, 0.25) is 0 Å². The van der Waals surface area contributed by atoms with Gasteiger partial charge in [-0.15, -0.1) is 0 Å². The van der Waals surface area contributed by atoms with Gasteiger partial charge >= 0.3 is 0 Å². The predicted molar refractivity (Wildman–Crippen MR) is 102 cm³/mol. The van der Waals surface area contributed by atoms with E-state index < -0.39 is 0 Å². The van der Waals surface area contributed by atoms with Crippen LogP contribution in [0.5, 0.6) is 23.0 Å². The summed E-state index contributed by atoms with van der Waals surface area (Å²) in [6.07, 6.45) is 0.901. The summed E-state index contributed by atoms with van der Waals surface area (Å²) in [6, 6.07) is 11.9. The summed E-state index contributed by atoms with van der Waals surface area (Å²) in [4.78, 5) is 4.28. The maximum Gasteiger partial charge on any atom is 0.231 e. The molecule has 2 heterocycles. The summed E-state index contributed by atoms with van der Waals surface area (Å²) in [7, 11) is 1.75. The van der Waals surface area contributed by atoms with Crippen molar-refractivity contribution in [1.82, 2.24) is 10.6 Å². The third kappa shape index (κ3) is 4.19. The maximum absolute atomic E-state index is 5.74. The lowest BCUT2D eigenvalue weighted by Gasteiger charge is -2.13. The molecule has 2 N–H and O–H groups in total. The zero-order valence-corrected chi connectivity index (χ0v) is 15.3. The van der Waals surface area contributed by atoms with Gasteiger partial charge < -0.3 is 29.6 Å². The Hall–Kier alpha value is -3.09. The fourth-order valence-electron chi connectivity index (χ4n) is 2.96. The van der Waals surface area contributed by atoms with Crippen LogP contribution in [-0.2, 0) is 13.1 Å². The first-order valence-electron chi connectivity index (χ1n) is 9.03. The maximum atomic E-state index is 5.74. The van der Waals surface area contributed by atoms with E-state index in [-0.39, 0.29) is 6.79 Å². The molecule has 0 bridgehead atoms. The second-order valence-corrected chi connectivity index (χ2v) is 6.30. The van der Waals surface area contributed by atoms with Crippen molar-refractivity contribution in [3.8, 4) is 23.0 Å². The topological polar surface area (TPSA) is 73.3 Å². The van der Waals surface area contributed by atoms with E-state index in [0.717, 1.165) is 46.5 Å². The molecule has 2 aromatic rings. The lowest BCUT2D eigenvalue weighted by molar-refractivity contribution is 0.174. The lowest BCUT2D eigenvalue weighted by Crippen LogP contribution is -2.36. The van der Waals surface area contributed by atoms with Crippen LogP contribution in [-0.4, -0.2) is 33.0 Å². The van der Waals surface area contributed by atoms with Gasteiger partial charge in [0.25, 0.3) is 0 Å². The third-order valence-corrected chi connectivity index (χ3v) is 4.39. The van der Waals surface area contributed by atoms with Crippen LogP contribution in [0.3, 0.4) is 0 Å². The minimum absolute atomic E-state index is 0.283. The largest absolute Gasteiger partial charge is 0.490 e. The molecule has 0 aromatic heterocycles. The lowest BCUT2D eigenvalue weighted by atomic mass is 10.2. The molecule has 0 amide bonds. The van der Waals surface area contributed by atoms with Crippen molar-refractivity contribution in [1.29, 1.82) is 0 Å². The molecule has 0 fully saturated rings. The van der Waals surface area contributed by atoms with E-state index >= 15 is 0 Å². The SMILES string of the molecule is CN=C(NCc1ccc2c(c1)OCCCO2)NCc1ccc2c(c1)OCO2. The van der Waals surface area contributed by atoms with Gasteiger partial charge in [-0.3, -0.25) is 4.99 Å². The van der Waals surface area contributed by atoms with Crippen molar-refractivity contribution in [3.63, 3.8) is 0 Å². The molecule has 0 radical (unpaired) electrons. The molecule has 0 spiro atoms. The van der Waals surface area contributed by atoms with Crippen molar-refractivity contribution < 1.29 is 18.9 Å². The van der Waals surface area contributed by atoms with Gasteiger partial charge in [-0.25, -0.2) is 0 Å². The van der Waals surface area contributed by atoms with Gasteiger partial charge in [0.15, 0.2) is 29.0 Å². The molecule has 0 atom stereocenters. The van der Waals surface area contributed by atoms with Crippen LogP contribution < -0.4 is 29.6 Å². The fourth-order valence-corrected chi connectivity index (χ4v) is 2.96. The number of fused-ring (bicyclic) bond motifs is 2. The zero-order chi connectivity index (χ0) is 18.5. The van der Waals surface area contributed by atoms with Gasteiger partial charge in [0.1, 0.15) is 0 Å². The first-order chi connectivity index (χ1) is 13.3. The summed E-state index contributed by atoms with van der Waals surface area (Å²) in [5, 5.41) is 6.62. The first kappa shape index (κ1) is 17.3. The number of guanidine groups is 1. The summed E-state index contributed by atoms with van der Waals surface area (Å²) >= 11 is 0. The molecule has 142 valence electrons. The Morgan fingerprint density at radius 3 is 2.04 bits per heavy atom. The molecular formula is C20H23N3O4. The van der Waals surface area contributed by atoms with Crippen LogP contribution in [0.25, 0.3) is 0 Å². The normalized spacial score (nSPS) is 15.2. The highest BCUT2D eigenvalue weighted by Crippen LogP contribution is 2.32. The fraction of sp³-hybridized carbons (Fsp3) is 0.350. The van der Waals surface area contributed by atoms with Crippen molar-refractivity contribution in [2.45, 2.75) is 19.5 Å². The Morgan fingerprint density at radius 2 is 1.37 bits per heavy atom. The molecule has 0 saturated heterocycles. The van der Waals surface area contributed by atoms with Crippen LogP contribution in [0, 0.1) is 0 Å². The monoisotopic (exact) mass is 369 g/mol. The number of hydrogen-bond donors (Lipinski definition) is 2. The van der Waals surface area contributed by atoms with Gasteiger partial charge in [-0.1, -0.05) is 12.1 Å². The zero-order valence-electron chi connectivity index (χ0n) is 15.3. The molecule has 7 heteroatoms. The average Bonchev–Trinajstić information content (AvgIpc) is 3.04. The highest BCUT2D eigenvalue weighted by molar-refractivity contribution is 5.79. The summed E-state index contributed by atoms with van der Waals surface area (Å²) < 4.78 is 22.2. The molecule has 0 saturated carbocycles. The number of benzene rings is 2. The Morgan fingerprint density at radius 1 is 0.815 bits per heavy atom. The number of nitrogens with zero attached hydrogens (tertiary/aromatic N) is 1. The first-order valence-corrected chi connectivity index (χ1v) is 9.03. The minimum atomic E-state index is 0.283. The average molecular weight is 369 g/mol. The number of nitrogens with one attached hydrogen (secondary N) is 2. The van der Waals surface area contributed by atoms with E-state index in [9.17, 15) is 0 Å². The quantitative estimate of drug-likeness (QED) is 0.637. The Kier molecular flexibility index (Phi) is 5.18. The molecular weight excluding hydrogens is 346 g/mol. The molecule has 2 aliphatic heterocycles.